The van der Waals surface area contributed by atoms with Crippen LogP contribution < -0.4 is 21.1 Å². The number of piperazine rings is 1. The van der Waals surface area contributed by atoms with E-state index in [0.29, 0.717) is 18.0 Å². The summed E-state index contributed by atoms with van der Waals surface area (Å²) in [7, 11) is 0. The van der Waals surface area contributed by atoms with Crippen molar-refractivity contribution in [1.29, 1.82) is 0 Å². The number of likely N-dealkylation sites (N-methyl/N-ethyl adjacent to an activating group) is 1. The Labute approximate surface area is 182 Å². The van der Waals surface area contributed by atoms with E-state index in [9.17, 15) is 4.79 Å². The second-order valence-electron chi connectivity index (χ2n) is 7.85. The van der Waals surface area contributed by atoms with Gasteiger partial charge in [-0.3, -0.25) is 4.79 Å². The first kappa shape index (κ1) is 21.1. The molecule has 2 saturated heterocycles. The Kier molecular flexibility index (Phi) is 6.84. The summed E-state index contributed by atoms with van der Waals surface area (Å²) in [5, 5.41) is 3.71. The maximum atomic E-state index is 12.6. The van der Waals surface area contributed by atoms with Gasteiger partial charge in [-0.2, -0.15) is 0 Å². The predicted octanol–water partition coefficient (Wildman–Crippen LogP) is 2.10. The number of benzene rings is 1. The van der Waals surface area contributed by atoms with Crippen LogP contribution in [-0.2, 0) is 11.3 Å². The zero-order valence-electron chi connectivity index (χ0n) is 17.3. The van der Waals surface area contributed by atoms with Crippen molar-refractivity contribution >= 4 is 23.3 Å². The van der Waals surface area contributed by atoms with Crippen LogP contribution in [0.1, 0.15) is 30.5 Å². The van der Waals surface area contributed by atoms with E-state index in [1.165, 1.54) is 0 Å². The average Bonchev–Trinajstić information content (AvgIpc) is 3.28. The van der Waals surface area contributed by atoms with Crippen LogP contribution >= 0.6 is 11.6 Å². The summed E-state index contributed by atoms with van der Waals surface area (Å²) in [5.41, 5.74) is 8.35. The Morgan fingerprint density at radius 1 is 1.20 bits per heavy atom. The van der Waals surface area contributed by atoms with Gasteiger partial charge in [0.1, 0.15) is 11.9 Å². The average molecular weight is 429 g/mol. The lowest BCUT2D eigenvalue weighted by molar-refractivity contribution is -0.123. The number of halogens is 1. The first-order valence-electron chi connectivity index (χ1n) is 10.6. The Morgan fingerprint density at radius 2 is 2.03 bits per heavy atom. The second kappa shape index (κ2) is 9.75. The first-order chi connectivity index (χ1) is 14.6. The smallest absolute Gasteiger partial charge is 0.238 e. The molecule has 160 valence electrons. The fourth-order valence-electron chi connectivity index (χ4n) is 3.98. The highest BCUT2D eigenvalue weighted by molar-refractivity contribution is 6.30. The van der Waals surface area contributed by atoms with Gasteiger partial charge >= 0.3 is 0 Å². The van der Waals surface area contributed by atoms with Gasteiger partial charge in [-0.1, -0.05) is 36.7 Å². The summed E-state index contributed by atoms with van der Waals surface area (Å²) in [6, 6.07) is 11.6. The van der Waals surface area contributed by atoms with Crippen molar-refractivity contribution in [2.24, 2.45) is 0 Å². The minimum atomic E-state index is -0.281. The molecule has 0 radical (unpaired) electrons. The van der Waals surface area contributed by atoms with Crippen molar-refractivity contribution in [2.45, 2.75) is 32.0 Å². The van der Waals surface area contributed by atoms with Gasteiger partial charge in [-0.25, -0.2) is 15.8 Å². The van der Waals surface area contributed by atoms with Crippen LogP contribution in [0.15, 0.2) is 42.6 Å². The number of nitrogens with zero attached hydrogens (tertiary/aromatic N) is 3. The van der Waals surface area contributed by atoms with Gasteiger partial charge in [0.05, 0.1) is 0 Å². The molecule has 0 spiro atoms. The molecule has 1 aromatic heterocycles. The molecular weight excluding hydrogens is 400 g/mol. The molecule has 2 aliphatic rings. The molecular formula is C22H29ClN6O. The van der Waals surface area contributed by atoms with Crippen LogP contribution in [0.2, 0.25) is 5.02 Å². The lowest BCUT2D eigenvalue weighted by Crippen LogP contribution is -2.46. The molecule has 2 aliphatic heterocycles. The van der Waals surface area contributed by atoms with Crippen LogP contribution in [-0.4, -0.2) is 54.6 Å². The second-order valence-corrected chi connectivity index (χ2v) is 8.28. The van der Waals surface area contributed by atoms with E-state index >= 15 is 0 Å². The molecule has 2 unspecified atom stereocenters. The predicted molar refractivity (Wildman–Crippen MR) is 119 cm³/mol. The Balaban J connectivity index is 1.25. The number of hydrazine groups is 1. The molecule has 0 bridgehead atoms. The highest BCUT2D eigenvalue weighted by Gasteiger charge is 2.30. The zero-order valence-corrected chi connectivity index (χ0v) is 18.0. The highest BCUT2D eigenvalue weighted by atomic mass is 35.5. The van der Waals surface area contributed by atoms with Crippen LogP contribution in [0.3, 0.4) is 0 Å². The number of anilines is 1. The van der Waals surface area contributed by atoms with E-state index in [2.05, 4.69) is 37.9 Å². The van der Waals surface area contributed by atoms with E-state index in [0.717, 1.165) is 49.7 Å². The van der Waals surface area contributed by atoms with Crippen molar-refractivity contribution in [3.8, 4) is 0 Å². The van der Waals surface area contributed by atoms with Crippen LogP contribution in [0.4, 0.5) is 5.82 Å². The number of hydrogen-bond acceptors (Lipinski definition) is 6. The van der Waals surface area contributed by atoms with Gasteiger partial charge in [0.25, 0.3) is 0 Å². The van der Waals surface area contributed by atoms with Crippen molar-refractivity contribution < 1.29 is 4.79 Å². The fraction of sp³-hybridized carbons (Fsp3) is 0.455. The minimum absolute atomic E-state index is 0.0215. The summed E-state index contributed by atoms with van der Waals surface area (Å²) in [6.07, 6.45) is 2.53. The topological polar surface area (TPSA) is 72.5 Å². The summed E-state index contributed by atoms with van der Waals surface area (Å²) >= 11 is 6.07. The summed E-state index contributed by atoms with van der Waals surface area (Å²) in [5.74, 6) is 0.985. The maximum Gasteiger partial charge on any atom is 0.238 e. The van der Waals surface area contributed by atoms with Gasteiger partial charge in [-0.15, -0.1) is 0 Å². The highest BCUT2D eigenvalue weighted by Crippen LogP contribution is 2.24. The van der Waals surface area contributed by atoms with E-state index < -0.39 is 0 Å². The molecule has 0 aliphatic carbocycles. The van der Waals surface area contributed by atoms with Gasteiger partial charge in [-0.05, 0) is 42.3 Å². The number of rotatable bonds is 6. The summed E-state index contributed by atoms with van der Waals surface area (Å²) < 4.78 is 0. The number of aromatic nitrogens is 1. The standard InChI is InChI=1S/C22H29ClN6O/c1-2-28-8-10-29(11-9-28)21-7-6-16(14-24-21)15-25-22(30)20-13-19(26-27-20)17-4-3-5-18(23)12-17/h3-7,12,14,19-20,26-27H,2,8-11,13,15H2,1H3,(H,25,30). The third kappa shape index (κ3) is 5.10. The van der Waals surface area contributed by atoms with Gasteiger partial charge in [0, 0.05) is 50.0 Å². The fourth-order valence-corrected chi connectivity index (χ4v) is 4.18. The maximum absolute atomic E-state index is 12.6. The lowest BCUT2D eigenvalue weighted by atomic mass is 10.0. The quantitative estimate of drug-likeness (QED) is 0.654. The number of pyridine rings is 1. The molecule has 8 heteroatoms. The molecule has 2 aromatic rings. The van der Waals surface area contributed by atoms with Crippen molar-refractivity contribution in [3.63, 3.8) is 0 Å². The number of amides is 1. The van der Waals surface area contributed by atoms with Crippen molar-refractivity contribution in [3.05, 3.63) is 58.7 Å². The zero-order chi connectivity index (χ0) is 20.9. The van der Waals surface area contributed by atoms with E-state index in [1.54, 1.807) is 0 Å². The number of carbonyl (C=O) groups is 1. The molecule has 7 nitrogen and oxygen atoms in total. The number of nitrogens with one attached hydrogen (secondary N) is 3. The molecule has 3 N–H and O–H groups in total. The number of hydrogen-bond donors (Lipinski definition) is 3. The summed E-state index contributed by atoms with van der Waals surface area (Å²) in [6.45, 7) is 7.94. The molecule has 2 atom stereocenters. The molecule has 4 rings (SSSR count). The third-order valence-electron chi connectivity index (χ3n) is 5.89. The number of carbonyl (C=O) groups excluding carboxylic acids is 1. The van der Waals surface area contributed by atoms with Crippen LogP contribution in [0, 0.1) is 0 Å². The van der Waals surface area contributed by atoms with E-state index in [4.69, 9.17) is 11.6 Å². The van der Waals surface area contributed by atoms with E-state index in [1.807, 2.05) is 42.6 Å². The molecule has 3 heterocycles. The molecule has 30 heavy (non-hydrogen) atoms. The van der Waals surface area contributed by atoms with Crippen LogP contribution in [0.5, 0.6) is 0 Å². The van der Waals surface area contributed by atoms with E-state index in [-0.39, 0.29) is 18.0 Å². The Morgan fingerprint density at radius 3 is 2.73 bits per heavy atom. The SMILES string of the molecule is CCN1CCN(c2ccc(CNC(=O)C3CC(c4cccc(Cl)c4)NN3)cn2)CC1. The molecule has 0 saturated carbocycles. The Hall–Kier alpha value is -2.19. The molecule has 2 fully saturated rings. The molecule has 1 amide bonds. The van der Waals surface area contributed by atoms with Crippen molar-refractivity contribution in [1.82, 2.24) is 26.1 Å². The normalized spacial score (nSPS) is 22.3. The van der Waals surface area contributed by atoms with Gasteiger partial charge in [0.15, 0.2) is 0 Å². The largest absolute Gasteiger partial charge is 0.354 e. The minimum Gasteiger partial charge on any atom is -0.354 e. The third-order valence-corrected chi connectivity index (χ3v) is 6.13. The Bertz CT molecular complexity index is 853. The van der Waals surface area contributed by atoms with Gasteiger partial charge < -0.3 is 15.1 Å². The van der Waals surface area contributed by atoms with Crippen molar-refractivity contribution in [2.75, 3.05) is 37.6 Å². The monoisotopic (exact) mass is 428 g/mol. The lowest BCUT2D eigenvalue weighted by Gasteiger charge is -2.34. The summed E-state index contributed by atoms with van der Waals surface area (Å²) in [4.78, 5) is 21.9. The van der Waals surface area contributed by atoms with Gasteiger partial charge in [0.2, 0.25) is 5.91 Å². The molecule has 1 aromatic carbocycles. The van der Waals surface area contributed by atoms with Crippen LogP contribution in [0.25, 0.3) is 0 Å². The first-order valence-corrected chi connectivity index (χ1v) is 11.0.